The Balaban J connectivity index is 0.00000289. The lowest BCUT2D eigenvalue weighted by Gasteiger charge is -2.09. The summed E-state index contributed by atoms with van der Waals surface area (Å²) in [5.74, 6) is 0.682. The highest BCUT2D eigenvalue weighted by atomic mass is 35.5. The summed E-state index contributed by atoms with van der Waals surface area (Å²) >= 11 is 0. The van der Waals surface area contributed by atoms with E-state index in [1.165, 1.54) is 6.42 Å². The van der Waals surface area contributed by atoms with E-state index < -0.39 is 0 Å². The number of carbonyl (C=O) groups is 1. The van der Waals surface area contributed by atoms with Gasteiger partial charge in [-0.3, -0.25) is 4.79 Å². The summed E-state index contributed by atoms with van der Waals surface area (Å²) in [7, 11) is 0. The van der Waals surface area contributed by atoms with Gasteiger partial charge in [0.1, 0.15) is 6.61 Å². The lowest BCUT2D eigenvalue weighted by Crippen LogP contribution is -2.30. The van der Waals surface area contributed by atoms with Gasteiger partial charge in [0.25, 0.3) is 0 Å². The molecule has 1 unspecified atom stereocenters. The second-order valence-electron chi connectivity index (χ2n) is 4.25. The number of halogens is 1. The zero-order valence-corrected chi connectivity index (χ0v) is 11.9. The summed E-state index contributed by atoms with van der Waals surface area (Å²) in [5, 5.41) is 6.18. The van der Waals surface area contributed by atoms with Gasteiger partial charge in [0, 0.05) is 13.2 Å². The molecule has 1 aliphatic rings. The Hall–Kier alpha value is -0.360. The molecular formula is C12H25ClN2O3. The summed E-state index contributed by atoms with van der Waals surface area (Å²) in [6, 6.07) is 0. The molecule has 0 spiro atoms. The molecular weight excluding hydrogens is 256 g/mol. The van der Waals surface area contributed by atoms with Crippen molar-refractivity contribution in [3.8, 4) is 0 Å². The Morgan fingerprint density at radius 1 is 1.39 bits per heavy atom. The number of hydrogen-bond donors (Lipinski definition) is 2. The number of rotatable bonds is 9. The molecule has 108 valence electrons. The van der Waals surface area contributed by atoms with Crippen molar-refractivity contribution >= 4 is 18.3 Å². The number of hydrogen-bond acceptors (Lipinski definition) is 4. The Labute approximate surface area is 115 Å². The SMILES string of the molecule is CCOCCOCC(=O)NCCC1CCNC1.Cl. The number of ether oxygens (including phenoxy) is 2. The van der Waals surface area contributed by atoms with E-state index in [-0.39, 0.29) is 24.9 Å². The van der Waals surface area contributed by atoms with Crippen LogP contribution in [0.2, 0.25) is 0 Å². The lowest BCUT2D eigenvalue weighted by atomic mass is 10.1. The fraction of sp³-hybridized carbons (Fsp3) is 0.917. The van der Waals surface area contributed by atoms with Gasteiger partial charge in [-0.15, -0.1) is 12.4 Å². The minimum absolute atomic E-state index is 0. The van der Waals surface area contributed by atoms with Crippen molar-refractivity contribution in [2.45, 2.75) is 19.8 Å². The van der Waals surface area contributed by atoms with Crippen molar-refractivity contribution in [3.05, 3.63) is 0 Å². The first kappa shape index (κ1) is 17.6. The summed E-state index contributed by atoms with van der Waals surface area (Å²) in [6.45, 7) is 6.73. The molecule has 0 radical (unpaired) electrons. The standard InChI is InChI=1S/C12H24N2O3.ClH/c1-2-16-7-8-17-10-12(15)14-6-4-11-3-5-13-9-11;/h11,13H,2-10H2,1H3,(H,14,15);1H. The molecule has 1 heterocycles. The second kappa shape index (κ2) is 11.7. The van der Waals surface area contributed by atoms with Crippen molar-refractivity contribution in [1.29, 1.82) is 0 Å². The third-order valence-electron chi connectivity index (χ3n) is 2.85. The minimum atomic E-state index is -0.0348. The topological polar surface area (TPSA) is 59.6 Å². The van der Waals surface area contributed by atoms with Crippen LogP contribution < -0.4 is 10.6 Å². The first-order valence-corrected chi connectivity index (χ1v) is 6.45. The molecule has 18 heavy (non-hydrogen) atoms. The van der Waals surface area contributed by atoms with E-state index >= 15 is 0 Å². The van der Waals surface area contributed by atoms with Crippen LogP contribution in [0.15, 0.2) is 0 Å². The predicted octanol–water partition coefficient (Wildman–Crippen LogP) is 0.577. The predicted molar refractivity (Wildman–Crippen MR) is 73.2 cm³/mol. The van der Waals surface area contributed by atoms with Gasteiger partial charge in [0.05, 0.1) is 13.2 Å². The van der Waals surface area contributed by atoms with Crippen molar-refractivity contribution in [1.82, 2.24) is 10.6 Å². The highest BCUT2D eigenvalue weighted by Crippen LogP contribution is 2.10. The van der Waals surface area contributed by atoms with E-state index in [2.05, 4.69) is 10.6 Å². The molecule has 0 aromatic heterocycles. The molecule has 1 saturated heterocycles. The summed E-state index contributed by atoms with van der Waals surface area (Å²) in [5.41, 5.74) is 0. The molecule has 0 aromatic carbocycles. The van der Waals surface area contributed by atoms with Gasteiger partial charge in [-0.25, -0.2) is 0 Å². The van der Waals surface area contributed by atoms with E-state index in [9.17, 15) is 4.79 Å². The first-order chi connectivity index (χ1) is 8.33. The Morgan fingerprint density at radius 3 is 2.83 bits per heavy atom. The first-order valence-electron chi connectivity index (χ1n) is 6.45. The summed E-state index contributed by atoms with van der Waals surface area (Å²) in [6.07, 6.45) is 2.28. The Kier molecular flexibility index (Phi) is 11.5. The second-order valence-corrected chi connectivity index (χ2v) is 4.25. The van der Waals surface area contributed by atoms with E-state index in [0.717, 1.165) is 26.1 Å². The van der Waals surface area contributed by atoms with Crippen LogP contribution in [0, 0.1) is 5.92 Å². The molecule has 1 atom stereocenters. The van der Waals surface area contributed by atoms with Gasteiger partial charge in [0.15, 0.2) is 0 Å². The molecule has 0 bridgehead atoms. The summed E-state index contributed by atoms with van der Waals surface area (Å²) in [4.78, 5) is 11.4. The molecule has 0 saturated carbocycles. The molecule has 2 N–H and O–H groups in total. The molecule has 1 amide bonds. The highest BCUT2D eigenvalue weighted by Gasteiger charge is 2.13. The van der Waals surface area contributed by atoms with Gasteiger partial charge in [-0.05, 0) is 38.8 Å². The van der Waals surface area contributed by atoms with Crippen LogP contribution in [-0.4, -0.2) is 52.0 Å². The van der Waals surface area contributed by atoms with E-state index in [1.807, 2.05) is 6.92 Å². The van der Waals surface area contributed by atoms with Crippen LogP contribution in [0.5, 0.6) is 0 Å². The molecule has 5 nitrogen and oxygen atoms in total. The summed E-state index contributed by atoms with van der Waals surface area (Å²) < 4.78 is 10.3. The third kappa shape index (κ3) is 8.69. The highest BCUT2D eigenvalue weighted by molar-refractivity contribution is 5.85. The van der Waals surface area contributed by atoms with Crippen LogP contribution in [0.1, 0.15) is 19.8 Å². The van der Waals surface area contributed by atoms with Gasteiger partial charge < -0.3 is 20.1 Å². The molecule has 0 aliphatic carbocycles. The monoisotopic (exact) mass is 280 g/mol. The van der Waals surface area contributed by atoms with E-state index in [1.54, 1.807) is 0 Å². The Bertz CT molecular complexity index is 211. The maximum absolute atomic E-state index is 11.4. The van der Waals surface area contributed by atoms with Crippen molar-refractivity contribution < 1.29 is 14.3 Å². The molecule has 1 fully saturated rings. The zero-order valence-electron chi connectivity index (χ0n) is 11.1. The van der Waals surface area contributed by atoms with E-state index in [0.29, 0.717) is 25.7 Å². The average Bonchev–Trinajstić information content (AvgIpc) is 2.82. The van der Waals surface area contributed by atoms with Crippen molar-refractivity contribution in [2.24, 2.45) is 5.92 Å². The van der Waals surface area contributed by atoms with Crippen LogP contribution in [0.4, 0.5) is 0 Å². The maximum atomic E-state index is 11.4. The molecule has 0 aromatic rings. The van der Waals surface area contributed by atoms with Gasteiger partial charge >= 0.3 is 0 Å². The van der Waals surface area contributed by atoms with Crippen LogP contribution in [0.3, 0.4) is 0 Å². The maximum Gasteiger partial charge on any atom is 0.245 e. The number of carbonyl (C=O) groups excluding carboxylic acids is 1. The van der Waals surface area contributed by atoms with Crippen LogP contribution in [-0.2, 0) is 14.3 Å². The van der Waals surface area contributed by atoms with Gasteiger partial charge in [0.2, 0.25) is 5.91 Å². The Morgan fingerprint density at radius 2 is 2.17 bits per heavy atom. The third-order valence-corrected chi connectivity index (χ3v) is 2.85. The lowest BCUT2D eigenvalue weighted by molar-refractivity contribution is -0.126. The van der Waals surface area contributed by atoms with Crippen LogP contribution in [0.25, 0.3) is 0 Å². The fourth-order valence-corrected chi connectivity index (χ4v) is 1.85. The molecule has 1 rings (SSSR count). The quantitative estimate of drug-likeness (QED) is 0.607. The van der Waals surface area contributed by atoms with Gasteiger partial charge in [-0.1, -0.05) is 0 Å². The average molecular weight is 281 g/mol. The molecule has 6 heteroatoms. The molecule has 1 aliphatic heterocycles. The van der Waals surface area contributed by atoms with Crippen LogP contribution >= 0.6 is 12.4 Å². The number of nitrogens with one attached hydrogen (secondary N) is 2. The largest absolute Gasteiger partial charge is 0.379 e. The minimum Gasteiger partial charge on any atom is -0.379 e. The van der Waals surface area contributed by atoms with Gasteiger partial charge in [-0.2, -0.15) is 0 Å². The smallest absolute Gasteiger partial charge is 0.245 e. The van der Waals surface area contributed by atoms with Crippen molar-refractivity contribution in [3.63, 3.8) is 0 Å². The fourth-order valence-electron chi connectivity index (χ4n) is 1.85. The number of amides is 1. The van der Waals surface area contributed by atoms with Crippen molar-refractivity contribution in [2.75, 3.05) is 46.1 Å². The zero-order chi connectivity index (χ0) is 12.3. The normalized spacial score (nSPS) is 18.4. The van der Waals surface area contributed by atoms with E-state index in [4.69, 9.17) is 9.47 Å².